The molecule has 2 heteroatoms. The molecule has 0 aliphatic carbocycles. The van der Waals surface area contributed by atoms with E-state index >= 15 is 0 Å². The van der Waals surface area contributed by atoms with Crippen LogP contribution >= 0.6 is 0 Å². The quantitative estimate of drug-likeness (QED) is 0.849. The van der Waals surface area contributed by atoms with Gasteiger partial charge in [0, 0.05) is 18.8 Å². The van der Waals surface area contributed by atoms with Gasteiger partial charge in [-0.2, -0.15) is 0 Å². The molecule has 2 aromatic rings. The third-order valence-corrected chi connectivity index (χ3v) is 3.27. The zero-order chi connectivity index (χ0) is 11.7. The molecule has 0 radical (unpaired) electrons. The van der Waals surface area contributed by atoms with Crippen molar-refractivity contribution < 1.29 is 5.11 Å². The molecule has 1 aliphatic heterocycles. The number of hydrogen-bond donors (Lipinski definition) is 1. The van der Waals surface area contributed by atoms with E-state index in [1.54, 1.807) is 6.07 Å². The van der Waals surface area contributed by atoms with Crippen LogP contribution in [0.5, 0.6) is 5.75 Å². The van der Waals surface area contributed by atoms with Crippen LogP contribution in [0, 0.1) is 0 Å². The molecule has 0 saturated carbocycles. The van der Waals surface area contributed by atoms with Gasteiger partial charge < -0.3 is 10.0 Å². The fourth-order valence-corrected chi connectivity index (χ4v) is 2.45. The Morgan fingerprint density at radius 1 is 1.06 bits per heavy atom. The van der Waals surface area contributed by atoms with Gasteiger partial charge in [-0.05, 0) is 35.7 Å². The lowest BCUT2D eigenvalue weighted by atomic mass is 10.1. The van der Waals surface area contributed by atoms with Crippen molar-refractivity contribution in [1.29, 1.82) is 0 Å². The third kappa shape index (κ3) is 1.98. The molecule has 1 heterocycles. The largest absolute Gasteiger partial charge is 0.508 e. The summed E-state index contributed by atoms with van der Waals surface area (Å²) in [6.45, 7) is 1.93. The average Bonchev–Trinajstić information content (AvgIpc) is 2.73. The fourth-order valence-electron chi connectivity index (χ4n) is 2.45. The summed E-state index contributed by atoms with van der Waals surface area (Å²) >= 11 is 0. The van der Waals surface area contributed by atoms with E-state index in [9.17, 15) is 5.11 Å². The highest BCUT2D eigenvalue weighted by molar-refractivity contribution is 5.58. The SMILES string of the molecule is Oc1cccc(CN2CCc3ccccc32)c1. The molecule has 17 heavy (non-hydrogen) atoms. The minimum atomic E-state index is 0.343. The molecule has 2 nitrogen and oxygen atoms in total. The summed E-state index contributed by atoms with van der Waals surface area (Å²) in [4.78, 5) is 2.37. The van der Waals surface area contributed by atoms with Gasteiger partial charge in [-0.3, -0.25) is 0 Å². The Morgan fingerprint density at radius 2 is 1.94 bits per heavy atom. The number of anilines is 1. The topological polar surface area (TPSA) is 23.5 Å². The predicted molar refractivity (Wildman–Crippen MR) is 69.3 cm³/mol. The lowest BCUT2D eigenvalue weighted by Gasteiger charge is -2.19. The lowest BCUT2D eigenvalue weighted by molar-refractivity contribution is 0.474. The third-order valence-electron chi connectivity index (χ3n) is 3.27. The van der Waals surface area contributed by atoms with Gasteiger partial charge in [0.15, 0.2) is 0 Å². The van der Waals surface area contributed by atoms with Gasteiger partial charge in [0.2, 0.25) is 0 Å². The molecule has 0 fully saturated rings. The normalized spacial score (nSPS) is 13.8. The van der Waals surface area contributed by atoms with Gasteiger partial charge >= 0.3 is 0 Å². The first-order valence-corrected chi connectivity index (χ1v) is 5.94. The van der Waals surface area contributed by atoms with E-state index < -0.39 is 0 Å². The van der Waals surface area contributed by atoms with Crippen molar-refractivity contribution in [2.24, 2.45) is 0 Å². The number of aromatic hydroxyl groups is 1. The number of para-hydroxylation sites is 1. The molecule has 0 atom stereocenters. The Hall–Kier alpha value is -1.96. The monoisotopic (exact) mass is 225 g/mol. The maximum absolute atomic E-state index is 9.46. The summed E-state index contributed by atoms with van der Waals surface area (Å²) in [6, 6.07) is 16.0. The molecule has 0 bridgehead atoms. The highest BCUT2D eigenvalue weighted by Gasteiger charge is 2.17. The molecule has 1 N–H and O–H groups in total. The number of phenols is 1. The fraction of sp³-hybridized carbons (Fsp3) is 0.200. The van der Waals surface area contributed by atoms with Crippen LogP contribution in [0.1, 0.15) is 11.1 Å². The molecule has 0 unspecified atom stereocenters. The van der Waals surface area contributed by atoms with E-state index in [0.29, 0.717) is 5.75 Å². The van der Waals surface area contributed by atoms with Crippen LogP contribution in [-0.4, -0.2) is 11.7 Å². The minimum absolute atomic E-state index is 0.343. The van der Waals surface area contributed by atoms with E-state index in [1.807, 2.05) is 12.1 Å². The van der Waals surface area contributed by atoms with Gasteiger partial charge in [0.1, 0.15) is 5.75 Å². The molecule has 86 valence electrons. The summed E-state index contributed by atoms with van der Waals surface area (Å²) in [5.74, 6) is 0.343. The zero-order valence-corrected chi connectivity index (χ0v) is 9.63. The Bertz CT molecular complexity index is 536. The Morgan fingerprint density at radius 3 is 2.82 bits per heavy atom. The second-order valence-corrected chi connectivity index (χ2v) is 4.47. The zero-order valence-electron chi connectivity index (χ0n) is 9.63. The summed E-state index contributed by atoms with van der Waals surface area (Å²) in [5, 5.41) is 9.46. The summed E-state index contributed by atoms with van der Waals surface area (Å²) in [7, 11) is 0. The Balaban J connectivity index is 1.84. The summed E-state index contributed by atoms with van der Waals surface area (Å²) < 4.78 is 0. The second-order valence-electron chi connectivity index (χ2n) is 4.47. The maximum Gasteiger partial charge on any atom is 0.115 e. The van der Waals surface area contributed by atoms with E-state index in [4.69, 9.17) is 0 Å². The van der Waals surface area contributed by atoms with Crippen molar-refractivity contribution in [1.82, 2.24) is 0 Å². The molecule has 1 aliphatic rings. The number of nitrogens with zero attached hydrogens (tertiary/aromatic N) is 1. The van der Waals surface area contributed by atoms with Crippen molar-refractivity contribution in [3.05, 3.63) is 59.7 Å². The molecular weight excluding hydrogens is 210 g/mol. The number of phenolic OH excluding ortho intramolecular Hbond substituents is 1. The lowest BCUT2D eigenvalue weighted by Crippen LogP contribution is -2.19. The molecular formula is C15H15NO. The predicted octanol–water partition coefficient (Wildman–Crippen LogP) is 2.95. The molecule has 0 amide bonds. The van der Waals surface area contributed by atoms with Gasteiger partial charge in [-0.1, -0.05) is 30.3 Å². The first kappa shape index (κ1) is 10.2. The maximum atomic E-state index is 9.46. The Labute approximate surface area is 101 Å². The van der Waals surface area contributed by atoms with Crippen LogP contribution < -0.4 is 4.90 Å². The molecule has 3 rings (SSSR count). The average molecular weight is 225 g/mol. The van der Waals surface area contributed by atoms with Crippen molar-refractivity contribution in [2.45, 2.75) is 13.0 Å². The molecule has 0 aromatic heterocycles. The smallest absolute Gasteiger partial charge is 0.115 e. The number of hydrogen-bond acceptors (Lipinski definition) is 2. The van der Waals surface area contributed by atoms with Crippen LogP contribution in [0.15, 0.2) is 48.5 Å². The van der Waals surface area contributed by atoms with E-state index in [2.05, 4.69) is 35.2 Å². The highest BCUT2D eigenvalue weighted by Crippen LogP contribution is 2.29. The van der Waals surface area contributed by atoms with Gasteiger partial charge in [-0.15, -0.1) is 0 Å². The van der Waals surface area contributed by atoms with E-state index in [1.165, 1.54) is 11.3 Å². The van der Waals surface area contributed by atoms with Crippen LogP contribution in [0.25, 0.3) is 0 Å². The van der Waals surface area contributed by atoms with Crippen LogP contribution in [0.2, 0.25) is 0 Å². The van der Waals surface area contributed by atoms with Crippen LogP contribution in [0.3, 0.4) is 0 Å². The van der Waals surface area contributed by atoms with E-state index in [0.717, 1.165) is 25.1 Å². The first-order chi connectivity index (χ1) is 8.33. The first-order valence-electron chi connectivity index (χ1n) is 5.94. The van der Waals surface area contributed by atoms with Crippen LogP contribution in [-0.2, 0) is 13.0 Å². The minimum Gasteiger partial charge on any atom is -0.508 e. The standard InChI is InChI=1S/C15H15NO/c17-14-6-3-4-12(10-14)11-16-9-8-13-5-1-2-7-15(13)16/h1-7,10,17H,8-9,11H2. The van der Waals surface area contributed by atoms with Crippen molar-refractivity contribution >= 4 is 5.69 Å². The van der Waals surface area contributed by atoms with Gasteiger partial charge in [0.25, 0.3) is 0 Å². The van der Waals surface area contributed by atoms with E-state index in [-0.39, 0.29) is 0 Å². The summed E-state index contributed by atoms with van der Waals surface area (Å²) in [6.07, 6.45) is 1.12. The number of fused-ring (bicyclic) bond motifs is 1. The molecule has 0 spiro atoms. The van der Waals surface area contributed by atoms with Gasteiger partial charge in [-0.25, -0.2) is 0 Å². The number of benzene rings is 2. The molecule has 0 saturated heterocycles. The second kappa shape index (κ2) is 4.13. The summed E-state index contributed by atoms with van der Waals surface area (Å²) in [5.41, 5.74) is 3.91. The van der Waals surface area contributed by atoms with Gasteiger partial charge in [0.05, 0.1) is 0 Å². The molecule has 2 aromatic carbocycles. The van der Waals surface area contributed by atoms with Crippen molar-refractivity contribution in [3.63, 3.8) is 0 Å². The Kier molecular flexibility index (Phi) is 2.48. The highest BCUT2D eigenvalue weighted by atomic mass is 16.3. The number of rotatable bonds is 2. The van der Waals surface area contributed by atoms with Crippen molar-refractivity contribution in [2.75, 3.05) is 11.4 Å². The van der Waals surface area contributed by atoms with Crippen LogP contribution in [0.4, 0.5) is 5.69 Å². The van der Waals surface area contributed by atoms with Crippen molar-refractivity contribution in [3.8, 4) is 5.75 Å².